The first-order chi connectivity index (χ1) is 8.62. The Bertz CT molecular complexity index is 213. The van der Waals surface area contributed by atoms with Crippen LogP contribution in [0.2, 0.25) is 0 Å². The Morgan fingerprint density at radius 2 is 1.67 bits per heavy atom. The van der Waals surface area contributed by atoms with Crippen LogP contribution in [0.5, 0.6) is 0 Å². The number of rotatable bonds is 7. The minimum absolute atomic E-state index is 0.608. The van der Waals surface area contributed by atoms with Gasteiger partial charge in [-0.1, -0.05) is 47.0 Å². The molecule has 0 radical (unpaired) electrons. The van der Waals surface area contributed by atoms with Gasteiger partial charge in [-0.05, 0) is 43.7 Å². The molecule has 0 amide bonds. The molecule has 0 bridgehead atoms. The summed E-state index contributed by atoms with van der Waals surface area (Å²) in [5.41, 5.74) is 6.65. The van der Waals surface area contributed by atoms with Crippen molar-refractivity contribution in [1.29, 1.82) is 0 Å². The number of piperidine rings is 1. The zero-order chi connectivity index (χ0) is 13.6. The van der Waals surface area contributed by atoms with Crippen LogP contribution in [0, 0.1) is 11.3 Å². The van der Waals surface area contributed by atoms with Crippen LogP contribution < -0.4 is 5.73 Å². The lowest BCUT2D eigenvalue weighted by Crippen LogP contribution is -2.50. The number of nitrogens with two attached hydrogens (primary N) is 1. The Labute approximate surface area is 114 Å². The number of nitrogens with zero attached hydrogens (tertiary/aromatic N) is 1. The second kappa shape index (κ2) is 7.49. The Morgan fingerprint density at radius 3 is 2.06 bits per heavy atom. The molecule has 0 saturated carbocycles. The van der Waals surface area contributed by atoms with Crippen LogP contribution in [0.3, 0.4) is 0 Å². The number of hydrogen-bond donors (Lipinski definition) is 1. The number of hydrogen-bond acceptors (Lipinski definition) is 2. The van der Waals surface area contributed by atoms with Gasteiger partial charge in [0.2, 0.25) is 0 Å². The summed E-state index contributed by atoms with van der Waals surface area (Å²) in [6.07, 6.45) is 8.01. The van der Waals surface area contributed by atoms with E-state index in [1.54, 1.807) is 0 Å². The molecule has 0 aromatic heterocycles. The minimum Gasteiger partial charge on any atom is -0.329 e. The van der Waals surface area contributed by atoms with E-state index in [1.807, 2.05) is 0 Å². The van der Waals surface area contributed by atoms with Crippen LogP contribution >= 0.6 is 0 Å². The van der Waals surface area contributed by atoms with Gasteiger partial charge in [-0.2, -0.15) is 0 Å². The number of likely N-dealkylation sites (tertiary alicyclic amines) is 1. The van der Waals surface area contributed by atoms with E-state index in [1.165, 1.54) is 51.6 Å². The van der Waals surface area contributed by atoms with E-state index >= 15 is 0 Å². The SMILES string of the molecule is CCCC(C)C(CN)N1CCC(CC)(CC)CC1. The molecule has 0 spiro atoms. The predicted octanol–water partition coefficient (Wildman–Crippen LogP) is 3.65. The monoisotopic (exact) mass is 254 g/mol. The highest BCUT2D eigenvalue weighted by Crippen LogP contribution is 2.38. The molecule has 1 heterocycles. The molecule has 2 atom stereocenters. The second-order valence-electron chi connectivity index (χ2n) is 6.31. The zero-order valence-corrected chi connectivity index (χ0v) is 13.0. The van der Waals surface area contributed by atoms with Crippen molar-refractivity contribution < 1.29 is 0 Å². The highest BCUT2D eigenvalue weighted by Gasteiger charge is 2.34. The molecule has 108 valence electrons. The fourth-order valence-electron chi connectivity index (χ4n) is 3.68. The van der Waals surface area contributed by atoms with Crippen molar-refractivity contribution >= 4 is 0 Å². The second-order valence-corrected chi connectivity index (χ2v) is 6.31. The lowest BCUT2D eigenvalue weighted by Gasteiger charge is -2.45. The molecule has 1 aliphatic rings. The fraction of sp³-hybridized carbons (Fsp3) is 1.00. The van der Waals surface area contributed by atoms with Crippen LogP contribution in [0.25, 0.3) is 0 Å². The smallest absolute Gasteiger partial charge is 0.0243 e. The molecule has 1 saturated heterocycles. The first-order valence-electron chi connectivity index (χ1n) is 8.06. The van der Waals surface area contributed by atoms with Crippen LogP contribution in [0.15, 0.2) is 0 Å². The van der Waals surface area contributed by atoms with E-state index in [9.17, 15) is 0 Å². The van der Waals surface area contributed by atoms with Crippen molar-refractivity contribution in [1.82, 2.24) is 4.90 Å². The molecule has 0 aliphatic carbocycles. The summed E-state index contributed by atoms with van der Waals surface area (Å²) >= 11 is 0. The van der Waals surface area contributed by atoms with E-state index in [0.717, 1.165) is 12.5 Å². The lowest BCUT2D eigenvalue weighted by molar-refractivity contribution is 0.0491. The summed E-state index contributed by atoms with van der Waals surface area (Å²) in [5, 5.41) is 0. The lowest BCUT2D eigenvalue weighted by atomic mass is 9.73. The van der Waals surface area contributed by atoms with Gasteiger partial charge >= 0.3 is 0 Å². The third kappa shape index (κ3) is 3.71. The highest BCUT2D eigenvalue weighted by atomic mass is 15.2. The highest BCUT2D eigenvalue weighted by molar-refractivity contribution is 4.88. The molecular weight excluding hydrogens is 220 g/mol. The summed E-state index contributed by atoms with van der Waals surface area (Å²) in [4.78, 5) is 2.67. The molecule has 18 heavy (non-hydrogen) atoms. The maximum absolute atomic E-state index is 6.03. The average molecular weight is 254 g/mol. The van der Waals surface area contributed by atoms with E-state index in [4.69, 9.17) is 5.73 Å². The van der Waals surface area contributed by atoms with E-state index in [-0.39, 0.29) is 0 Å². The quantitative estimate of drug-likeness (QED) is 0.751. The Kier molecular flexibility index (Phi) is 6.65. The molecule has 1 fully saturated rings. The summed E-state index contributed by atoms with van der Waals surface area (Å²) < 4.78 is 0. The molecule has 2 unspecified atom stereocenters. The van der Waals surface area contributed by atoms with Gasteiger partial charge in [0.05, 0.1) is 0 Å². The molecule has 0 aromatic rings. The third-order valence-electron chi connectivity index (χ3n) is 5.47. The molecule has 0 aromatic carbocycles. The molecule has 1 aliphatic heterocycles. The fourth-order valence-corrected chi connectivity index (χ4v) is 3.68. The van der Waals surface area contributed by atoms with Gasteiger partial charge in [0.15, 0.2) is 0 Å². The van der Waals surface area contributed by atoms with Gasteiger partial charge in [-0.25, -0.2) is 0 Å². The molecule has 2 nitrogen and oxygen atoms in total. The van der Waals surface area contributed by atoms with Crippen LogP contribution in [-0.4, -0.2) is 30.6 Å². The normalized spacial score (nSPS) is 23.8. The molecular formula is C16H34N2. The average Bonchev–Trinajstić information content (AvgIpc) is 2.41. The van der Waals surface area contributed by atoms with Gasteiger partial charge in [0, 0.05) is 12.6 Å². The maximum atomic E-state index is 6.03. The first-order valence-corrected chi connectivity index (χ1v) is 8.06. The topological polar surface area (TPSA) is 29.3 Å². The van der Waals surface area contributed by atoms with Crippen LogP contribution in [0.1, 0.15) is 66.2 Å². The van der Waals surface area contributed by atoms with Crippen LogP contribution in [0.4, 0.5) is 0 Å². The van der Waals surface area contributed by atoms with Gasteiger partial charge in [-0.15, -0.1) is 0 Å². The van der Waals surface area contributed by atoms with E-state index in [2.05, 4.69) is 32.6 Å². The maximum Gasteiger partial charge on any atom is 0.0243 e. The first kappa shape index (κ1) is 16.0. The molecule has 2 heteroatoms. The van der Waals surface area contributed by atoms with Gasteiger partial charge in [0.1, 0.15) is 0 Å². The summed E-state index contributed by atoms with van der Waals surface area (Å²) in [7, 11) is 0. The largest absolute Gasteiger partial charge is 0.329 e. The Balaban J connectivity index is 2.54. The predicted molar refractivity (Wildman–Crippen MR) is 80.7 cm³/mol. The molecule has 2 N–H and O–H groups in total. The van der Waals surface area contributed by atoms with Crippen molar-refractivity contribution in [2.45, 2.75) is 72.3 Å². The zero-order valence-electron chi connectivity index (χ0n) is 13.0. The van der Waals surface area contributed by atoms with Crippen LogP contribution in [-0.2, 0) is 0 Å². The third-order valence-corrected chi connectivity index (χ3v) is 5.47. The van der Waals surface area contributed by atoms with Gasteiger partial charge in [-0.3, -0.25) is 4.90 Å². The van der Waals surface area contributed by atoms with Gasteiger partial charge in [0.25, 0.3) is 0 Å². The Morgan fingerprint density at radius 1 is 1.11 bits per heavy atom. The van der Waals surface area contributed by atoms with Crippen molar-refractivity contribution in [3.05, 3.63) is 0 Å². The van der Waals surface area contributed by atoms with E-state index in [0.29, 0.717) is 11.5 Å². The van der Waals surface area contributed by atoms with Gasteiger partial charge < -0.3 is 5.73 Å². The summed E-state index contributed by atoms with van der Waals surface area (Å²) in [5.74, 6) is 0.746. The van der Waals surface area contributed by atoms with Crippen molar-refractivity contribution in [3.8, 4) is 0 Å². The van der Waals surface area contributed by atoms with Crippen molar-refractivity contribution in [2.75, 3.05) is 19.6 Å². The van der Waals surface area contributed by atoms with Crippen molar-refractivity contribution in [2.24, 2.45) is 17.1 Å². The standard InChI is InChI=1S/C16H34N2/c1-5-8-14(4)15(13-17)18-11-9-16(6-2,7-3)10-12-18/h14-15H,5-13,17H2,1-4H3. The summed E-state index contributed by atoms with van der Waals surface area (Å²) in [6.45, 7) is 12.7. The van der Waals surface area contributed by atoms with E-state index < -0.39 is 0 Å². The summed E-state index contributed by atoms with van der Waals surface area (Å²) in [6, 6.07) is 0.608. The van der Waals surface area contributed by atoms with Crippen molar-refractivity contribution in [3.63, 3.8) is 0 Å². The molecule has 1 rings (SSSR count). The minimum atomic E-state index is 0.608. The Hall–Kier alpha value is -0.0800.